The maximum Gasteiger partial charge on any atom is 0.273 e. The minimum atomic E-state index is -0.0822. The van der Waals surface area contributed by atoms with Gasteiger partial charge in [0.1, 0.15) is 22.6 Å². The Morgan fingerprint density at radius 3 is 2.96 bits per heavy atom. The van der Waals surface area contributed by atoms with Crippen LogP contribution in [0, 0.1) is 0 Å². The average Bonchev–Trinajstić information content (AvgIpc) is 3.19. The molecule has 0 saturated carbocycles. The number of halogens is 2. The summed E-state index contributed by atoms with van der Waals surface area (Å²) in [5.74, 6) is 0.568. The molecule has 0 aliphatic carbocycles. The number of amides is 1. The molecule has 1 fully saturated rings. The van der Waals surface area contributed by atoms with Crippen molar-refractivity contribution in [2.45, 2.75) is 19.1 Å². The van der Waals surface area contributed by atoms with Crippen LogP contribution in [0.5, 0.6) is 5.75 Å². The zero-order valence-electron chi connectivity index (χ0n) is 12.2. The van der Waals surface area contributed by atoms with Crippen LogP contribution in [0.3, 0.4) is 0 Å². The summed E-state index contributed by atoms with van der Waals surface area (Å²) in [7, 11) is 0. The first kappa shape index (κ1) is 16.5. The summed E-state index contributed by atoms with van der Waals surface area (Å²) in [5.41, 5.74) is 5.98. The van der Waals surface area contributed by atoms with Crippen molar-refractivity contribution in [1.29, 1.82) is 0 Å². The van der Waals surface area contributed by atoms with Crippen LogP contribution in [0.1, 0.15) is 21.9 Å². The molecule has 0 bridgehead atoms. The van der Waals surface area contributed by atoms with Gasteiger partial charge in [0.2, 0.25) is 0 Å². The topological polar surface area (TPSA) is 68.5 Å². The molecule has 1 amide bonds. The molecule has 1 aliphatic rings. The Balaban J connectivity index is 1.61. The monoisotopic (exact) mass is 371 g/mol. The van der Waals surface area contributed by atoms with Gasteiger partial charge >= 0.3 is 0 Å². The van der Waals surface area contributed by atoms with E-state index in [4.69, 9.17) is 33.7 Å². The highest BCUT2D eigenvalue weighted by atomic mass is 35.5. The van der Waals surface area contributed by atoms with Gasteiger partial charge in [-0.15, -0.1) is 11.3 Å². The number of aromatic nitrogens is 1. The zero-order valence-corrected chi connectivity index (χ0v) is 14.5. The van der Waals surface area contributed by atoms with E-state index in [1.54, 1.807) is 28.5 Å². The highest BCUT2D eigenvalue weighted by molar-refractivity contribution is 7.09. The number of nitrogens with zero attached hydrogens (tertiary/aromatic N) is 2. The Labute approximate surface area is 148 Å². The van der Waals surface area contributed by atoms with E-state index in [1.807, 2.05) is 0 Å². The van der Waals surface area contributed by atoms with Gasteiger partial charge in [0, 0.05) is 31.0 Å². The van der Waals surface area contributed by atoms with Crippen LogP contribution >= 0.6 is 34.5 Å². The van der Waals surface area contributed by atoms with Gasteiger partial charge in [-0.1, -0.05) is 23.2 Å². The number of nitrogens with two attached hydrogens (primary N) is 1. The van der Waals surface area contributed by atoms with Crippen molar-refractivity contribution >= 4 is 40.4 Å². The van der Waals surface area contributed by atoms with Crippen LogP contribution in [0.15, 0.2) is 23.6 Å². The minimum absolute atomic E-state index is 0.0659. The number of carbonyl (C=O) groups excluding carboxylic acids is 1. The minimum Gasteiger partial charge on any atom is -0.488 e. The lowest BCUT2D eigenvalue weighted by molar-refractivity contribution is 0.0767. The summed E-state index contributed by atoms with van der Waals surface area (Å²) in [6, 6.07) is 5.15. The van der Waals surface area contributed by atoms with Gasteiger partial charge in [-0.2, -0.15) is 0 Å². The van der Waals surface area contributed by atoms with Crippen LogP contribution in [-0.2, 0) is 6.54 Å². The van der Waals surface area contributed by atoms with Gasteiger partial charge in [0.25, 0.3) is 5.91 Å². The maximum absolute atomic E-state index is 12.4. The normalized spacial score (nSPS) is 17.5. The SMILES string of the molecule is NCc1nc(C(=O)N2CCC(Oc3ccc(Cl)c(Cl)c3)C2)cs1. The van der Waals surface area contributed by atoms with Crippen LogP contribution in [-0.4, -0.2) is 35.0 Å². The van der Waals surface area contributed by atoms with Crippen molar-refractivity contribution in [3.8, 4) is 5.75 Å². The van der Waals surface area contributed by atoms with Crippen molar-refractivity contribution in [1.82, 2.24) is 9.88 Å². The fourth-order valence-corrected chi connectivity index (χ4v) is 3.35. The number of ether oxygens (including phenoxy) is 1. The molecule has 1 unspecified atom stereocenters. The first-order valence-corrected chi connectivity index (χ1v) is 8.76. The van der Waals surface area contributed by atoms with E-state index in [0.29, 0.717) is 41.1 Å². The largest absolute Gasteiger partial charge is 0.488 e. The molecule has 0 spiro atoms. The second-order valence-corrected chi connectivity index (χ2v) is 6.94. The molecule has 3 rings (SSSR count). The van der Waals surface area contributed by atoms with Gasteiger partial charge < -0.3 is 15.4 Å². The van der Waals surface area contributed by atoms with Crippen molar-refractivity contribution in [3.63, 3.8) is 0 Å². The van der Waals surface area contributed by atoms with Crippen LogP contribution in [0.25, 0.3) is 0 Å². The quantitative estimate of drug-likeness (QED) is 0.895. The summed E-state index contributed by atoms with van der Waals surface area (Å²) in [6.45, 7) is 1.51. The molecule has 1 aromatic carbocycles. The molecule has 1 saturated heterocycles. The molecule has 0 radical (unpaired) electrons. The van der Waals surface area contributed by atoms with Gasteiger partial charge in [0.15, 0.2) is 0 Å². The second kappa shape index (κ2) is 7.05. The average molecular weight is 372 g/mol. The predicted molar refractivity (Wildman–Crippen MR) is 91.4 cm³/mol. The third kappa shape index (κ3) is 3.77. The Hall–Kier alpha value is -1.34. The van der Waals surface area contributed by atoms with E-state index in [1.165, 1.54) is 11.3 Å². The number of hydrogen-bond acceptors (Lipinski definition) is 5. The number of carbonyl (C=O) groups is 1. The lowest BCUT2D eigenvalue weighted by atomic mass is 10.3. The standard InChI is InChI=1S/C15H15Cl2N3O2S/c16-11-2-1-9(5-12(11)17)22-10-3-4-20(7-10)15(21)13-8-23-14(6-18)19-13/h1-2,5,8,10H,3-4,6-7,18H2. The van der Waals surface area contributed by atoms with E-state index in [9.17, 15) is 4.79 Å². The Morgan fingerprint density at radius 1 is 1.43 bits per heavy atom. The molecule has 2 heterocycles. The number of benzene rings is 1. The van der Waals surface area contributed by atoms with Gasteiger partial charge in [-0.3, -0.25) is 4.79 Å². The summed E-state index contributed by atoms with van der Waals surface area (Å²) >= 11 is 13.3. The fourth-order valence-electron chi connectivity index (χ4n) is 2.42. The lowest BCUT2D eigenvalue weighted by Gasteiger charge is -2.16. The molecule has 2 N–H and O–H groups in total. The van der Waals surface area contributed by atoms with Gasteiger partial charge in [0.05, 0.1) is 16.6 Å². The first-order valence-electron chi connectivity index (χ1n) is 7.12. The number of rotatable bonds is 4. The number of likely N-dealkylation sites (tertiary alicyclic amines) is 1. The van der Waals surface area contributed by atoms with Crippen molar-refractivity contribution < 1.29 is 9.53 Å². The van der Waals surface area contributed by atoms with Crippen molar-refractivity contribution in [2.75, 3.05) is 13.1 Å². The van der Waals surface area contributed by atoms with Crippen molar-refractivity contribution in [3.05, 3.63) is 44.3 Å². The highest BCUT2D eigenvalue weighted by Gasteiger charge is 2.29. The summed E-state index contributed by atoms with van der Waals surface area (Å²) in [6.07, 6.45) is 0.698. The third-order valence-electron chi connectivity index (χ3n) is 3.57. The van der Waals surface area contributed by atoms with Crippen molar-refractivity contribution in [2.24, 2.45) is 5.73 Å². The molecule has 122 valence electrons. The van der Waals surface area contributed by atoms with E-state index in [0.717, 1.165) is 11.4 Å². The fraction of sp³-hybridized carbons (Fsp3) is 0.333. The van der Waals surface area contributed by atoms with Crippen LogP contribution < -0.4 is 10.5 Å². The molecule has 1 atom stereocenters. The van der Waals surface area contributed by atoms with Crippen LogP contribution in [0.4, 0.5) is 0 Å². The number of thiazole rings is 1. The van der Waals surface area contributed by atoms with E-state index >= 15 is 0 Å². The summed E-state index contributed by atoms with van der Waals surface area (Å²) in [4.78, 5) is 18.4. The summed E-state index contributed by atoms with van der Waals surface area (Å²) < 4.78 is 5.88. The molecular weight excluding hydrogens is 357 g/mol. The third-order valence-corrected chi connectivity index (χ3v) is 5.18. The number of hydrogen-bond donors (Lipinski definition) is 1. The molecule has 1 aromatic heterocycles. The lowest BCUT2D eigenvalue weighted by Crippen LogP contribution is -2.31. The Kier molecular flexibility index (Phi) is 5.06. The van der Waals surface area contributed by atoms with E-state index in [-0.39, 0.29) is 12.0 Å². The summed E-state index contributed by atoms with van der Waals surface area (Å²) in [5, 5.41) is 3.45. The predicted octanol–water partition coefficient (Wildman–Crippen LogP) is 3.20. The molecular formula is C15H15Cl2N3O2S. The second-order valence-electron chi connectivity index (χ2n) is 5.19. The first-order chi connectivity index (χ1) is 11.1. The van der Waals surface area contributed by atoms with Gasteiger partial charge in [-0.25, -0.2) is 4.98 Å². The van der Waals surface area contributed by atoms with E-state index in [2.05, 4.69) is 4.98 Å². The molecule has 23 heavy (non-hydrogen) atoms. The maximum atomic E-state index is 12.4. The highest BCUT2D eigenvalue weighted by Crippen LogP contribution is 2.28. The molecule has 1 aliphatic heterocycles. The zero-order chi connectivity index (χ0) is 16.4. The Morgan fingerprint density at radius 2 is 2.26 bits per heavy atom. The Bertz CT molecular complexity index is 722. The smallest absolute Gasteiger partial charge is 0.273 e. The van der Waals surface area contributed by atoms with Gasteiger partial charge in [-0.05, 0) is 12.1 Å². The van der Waals surface area contributed by atoms with E-state index < -0.39 is 0 Å². The molecule has 5 nitrogen and oxygen atoms in total. The van der Waals surface area contributed by atoms with Crippen LogP contribution in [0.2, 0.25) is 10.0 Å². The molecule has 8 heteroatoms. The molecule has 2 aromatic rings.